The van der Waals surface area contributed by atoms with Crippen molar-refractivity contribution in [3.05, 3.63) is 12.3 Å². The first-order valence-electron chi connectivity index (χ1n) is 4.26. The number of hydrogen-bond acceptors (Lipinski definition) is 3. The van der Waals surface area contributed by atoms with Crippen LogP contribution in [0.5, 0.6) is 0 Å². The summed E-state index contributed by atoms with van der Waals surface area (Å²) in [5, 5.41) is 0. The zero-order valence-electron chi connectivity index (χ0n) is 7.88. The van der Waals surface area contributed by atoms with E-state index in [4.69, 9.17) is 9.47 Å². The van der Waals surface area contributed by atoms with Gasteiger partial charge in [-0.1, -0.05) is 6.58 Å². The summed E-state index contributed by atoms with van der Waals surface area (Å²) in [6, 6.07) is 0. The first kappa shape index (κ1) is 9.55. The van der Waals surface area contributed by atoms with E-state index in [0.717, 1.165) is 25.9 Å². The molecule has 1 rings (SSSR count). The molecule has 1 aliphatic heterocycles. The summed E-state index contributed by atoms with van der Waals surface area (Å²) in [4.78, 5) is 2.25. The Morgan fingerprint density at radius 3 is 2.50 bits per heavy atom. The van der Waals surface area contributed by atoms with Crippen molar-refractivity contribution < 1.29 is 9.47 Å². The van der Waals surface area contributed by atoms with E-state index in [0.29, 0.717) is 0 Å². The van der Waals surface area contributed by atoms with Crippen molar-refractivity contribution in [1.29, 1.82) is 0 Å². The van der Waals surface area contributed by atoms with E-state index in [1.165, 1.54) is 5.70 Å². The summed E-state index contributed by atoms with van der Waals surface area (Å²) in [7, 11) is 3.34. The van der Waals surface area contributed by atoms with E-state index < -0.39 is 0 Å². The third kappa shape index (κ3) is 2.83. The lowest BCUT2D eigenvalue weighted by Crippen LogP contribution is -2.14. The minimum absolute atomic E-state index is 0.0433. The fraction of sp³-hybridized carbons (Fsp3) is 0.778. The summed E-state index contributed by atoms with van der Waals surface area (Å²) in [5.74, 6) is 0. The number of hydrogen-bond donors (Lipinski definition) is 0. The summed E-state index contributed by atoms with van der Waals surface area (Å²) in [6.07, 6.45) is 2.01. The van der Waals surface area contributed by atoms with Crippen LogP contribution in [0.25, 0.3) is 0 Å². The van der Waals surface area contributed by atoms with Crippen molar-refractivity contribution in [3.8, 4) is 0 Å². The van der Waals surface area contributed by atoms with Crippen LogP contribution in [0, 0.1) is 0 Å². The Kier molecular flexibility index (Phi) is 3.56. The second kappa shape index (κ2) is 4.48. The molecule has 0 atom stereocenters. The van der Waals surface area contributed by atoms with Crippen molar-refractivity contribution in [1.82, 2.24) is 4.90 Å². The van der Waals surface area contributed by atoms with Crippen LogP contribution >= 0.6 is 0 Å². The van der Waals surface area contributed by atoms with Crippen LogP contribution in [-0.4, -0.2) is 38.5 Å². The second-order valence-electron chi connectivity index (χ2n) is 3.03. The van der Waals surface area contributed by atoms with Gasteiger partial charge in [-0.2, -0.15) is 0 Å². The molecule has 0 radical (unpaired) electrons. The number of rotatable bonds is 6. The van der Waals surface area contributed by atoms with Gasteiger partial charge in [-0.05, 0) is 6.42 Å². The minimum atomic E-state index is -0.0433. The highest BCUT2D eigenvalue weighted by Crippen LogP contribution is 2.19. The normalized spacial score (nSPS) is 15.9. The zero-order valence-corrected chi connectivity index (χ0v) is 7.88. The molecular weight excluding hydrogens is 154 g/mol. The van der Waals surface area contributed by atoms with E-state index in [9.17, 15) is 0 Å². The maximum absolute atomic E-state index is 5.07. The molecule has 0 unspecified atom stereocenters. The van der Waals surface area contributed by atoms with Gasteiger partial charge >= 0.3 is 0 Å². The highest BCUT2D eigenvalue weighted by Gasteiger charge is 2.21. The number of ether oxygens (including phenoxy) is 2. The van der Waals surface area contributed by atoms with E-state index in [1.807, 2.05) is 0 Å². The maximum atomic E-state index is 5.07. The van der Waals surface area contributed by atoms with Gasteiger partial charge in [0.1, 0.15) is 0 Å². The molecule has 0 aromatic heterocycles. The van der Waals surface area contributed by atoms with Gasteiger partial charge in [0, 0.05) is 32.9 Å². The standard InChI is InChI=1S/C9H17NO2/c1-8-7-10(8)6-4-5-9(11-2)12-3/h9H,1,4-7H2,2-3H3. The van der Waals surface area contributed by atoms with Crippen LogP contribution in [0.4, 0.5) is 0 Å². The van der Waals surface area contributed by atoms with Crippen LogP contribution in [0.3, 0.4) is 0 Å². The highest BCUT2D eigenvalue weighted by molar-refractivity contribution is 5.12. The lowest BCUT2D eigenvalue weighted by Gasteiger charge is -2.12. The second-order valence-corrected chi connectivity index (χ2v) is 3.03. The van der Waals surface area contributed by atoms with Gasteiger partial charge in [0.2, 0.25) is 0 Å². The molecular formula is C9H17NO2. The van der Waals surface area contributed by atoms with Gasteiger partial charge in [0.05, 0.1) is 6.54 Å². The average molecular weight is 171 g/mol. The van der Waals surface area contributed by atoms with E-state index >= 15 is 0 Å². The number of nitrogens with zero attached hydrogens (tertiary/aromatic N) is 1. The molecule has 12 heavy (non-hydrogen) atoms. The molecule has 0 aromatic rings. The van der Waals surface area contributed by atoms with Crippen LogP contribution in [0.15, 0.2) is 12.3 Å². The Labute approximate surface area is 74.0 Å². The van der Waals surface area contributed by atoms with Crippen LogP contribution in [0.1, 0.15) is 12.8 Å². The molecule has 0 saturated carbocycles. The van der Waals surface area contributed by atoms with Crippen molar-refractivity contribution in [2.75, 3.05) is 27.3 Å². The molecule has 0 bridgehead atoms. The van der Waals surface area contributed by atoms with E-state index in [-0.39, 0.29) is 6.29 Å². The topological polar surface area (TPSA) is 21.5 Å². The third-order valence-electron chi connectivity index (χ3n) is 2.11. The Bertz CT molecular complexity index is 155. The molecule has 1 saturated heterocycles. The first-order valence-corrected chi connectivity index (χ1v) is 4.26. The van der Waals surface area contributed by atoms with Gasteiger partial charge in [0.25, 0.3) is 0 Å². The van der Waals surface area contributed by atoms with Gasteiger partial charge in [0.15, 0.2) is 6.29 Å². The number of methoxy groups -OCH3 is 2. The summed E-state index contributed by atoms with van der Waals surface area (Å²) >= 11 is 0. The van der Waals surface area contributed by atoms with Gasteiger partial charge in [-0.15, -0.1) is 0 Å². The molecule has 0 spiro atoms. The largest absolute Gasteiger partial charge is 0.368 e. The quantitative estimate of drug-likeness (QED) is 0.443. The smallest absolute Gasteiger partial charge is 0.156 e. The van der Waals surface area contributed by atoms with Crippen LogP contribution < -0.4 is 0 Å². The Balaban J connectivity index is 1.97. The molecule has 1 fully saturated rings. The molecule has 3 heteroatoms. The van der Waals surface area contributed by atoms with Crippen LogP contribution in [-0.2, 0) is 9.47 Å². The van der Waals surface area contributed by atoms with Crippen molar-refractivity contribution in [2.45, 2.75) is 19.1 Å². The first-order chi connectivity index (χ1) is 5.77. The van der Waals surface area contributed by atoms with Crippen molar-refractivity contribution in [3.63, 3.8) is 0 Å². The zero-order chi connectivity index (χ0) is 8.97. The molecule has 0 amide bonds. The monoisotopic (exact) mass is 171 g/mol. The predicted molar refractivity (Wildman–Crippen MR) is 47.8 cm³/mol. The predicted octanol–water partition coefficient (Wildman–Crippen LogP) is 1.21. The van der Waals surface area contributed by atoms with Crippen molar-refractivity contribution >= 4 is 0 Å². The van der Waals surface area contributed by atoms with Crippen LogP contribution in [0.2, 0.25) is 0 Å². The maximum Gasteiger partial charge on any atom is 0.156 e. The van der Waals surface area contributed by atoms with Gasteiger partial charge < -0.3 is 14.4 Å². The molecule has 1 aliphatic rings. The molecule has 0 N–H and O–H groups in total. The van der Waals surface area contributed by atoms with Gasteiger partial charge in [-0.25, -0.2) is 0 Å². The van der Waals surface area contributed by atoms with Gasteiger partial charge in [-0.3, -0.25) is 0 Å². The average Bonchev–Trinajstić information content (AvgIpc) is 2.76. The fourth-order valence-electron chi connectivity index (χ4n) is 1.20. The van der Waals surface area contributed by atoms with Crippen molar-refractivity contribution in [2.24, 2.45) is 0 Å². The Morgan fingerprint density at radius 2 is 2.08 bits per heavy atom. The Morgan fingerprint density at radius 1 is 1.50 bits per heavy atom. The van der Waals surface area contributed by atoms with E-state index in [2.05, 4.69) is 11.5 Å². The fourth-order valence-corrected chi connectivity index (χ4v) is 1.20. The summed E-state index contributed by atoms with van der Waals surface area (Å²) in [6.45, 7) is 6.01. The summed E-state index contributed by atoms with van der Waals surface area (Å²) in [5.41, 5.74) is 1.25. The molecule has 70 valence electrons. The summed E-state index contributed by atoms with van der Waals surface area (Å²) < 4.78 is 10.1. The third-order valence-corrected chi connectivity index (χ3v) is 2.11. The lowest BCUT2D eigenvalue weighted by atomic mass is 10.3. The molecule has 0 aromatic carbocycles. The molecule has 3 nitrogen and oxygen atoms in total. The Hall–Kier alpha value is -0.540. The SMILES string of the molecule is C=C1CN1CCCC(OC)OC. The highest BCUT2D eigenvalue weighted by atomic mass is 16.7. The lowest BCUT2D eigenvalue weighted by molar-refractivity contribution is -0.107. The molecule has 0 aliphatic carbocycles. The molecule has 1 heterocycles. The minimum Gasteiger partial charge on any atom is -0.368 e. The van der Waals surface area contributed by atoms with E-state index in [1.54, 1.807) is 14.2 Å².